The highest BCUT2D eigenvalue weighted by Crippen LogP contribution is 2.29. The molecule has 4 radical (unpaired) electrons. The molecule has 0 spiro atoms. The maximum atomic E-state index is 11.2. The molecule has 2 heterocycles. The minimum Gasteiger partial charge on any atom is -0.304 e. The molecule has 22 heavy (non-hydrogen) atoms. The first-order valence-corrected chi connectivity index (χ1v) is 7.79. The molecule has 0 unspecified atom stereocenters. The second-order valence-electron chi connectivity index (χ2n) is 6.32. The van der Waals surface area contributed by atoms with Gasteiger partial charge < -0.3 is 4.90 Å². The van der Waals surface area contributed by atoms with Crippen molar-refractivity contribution in [2.24, 2.45) is 11.8 Å². The van der Waals surface area contributed by atoms with Crippen LogP contribution in [0.5, 0.6) is 0 Å². The summed E-state index contributed by atoms with van der Waals surface area (Å²) in [6.07, 6.45) is 2.89. The van der Waals surface area contributed by atoms with Gasteiger partial charge in [-0.3, -0.25) is 9.63 Å². The molecule has 1 fully saturated rings. The Hall–Kier alpha value is -1.29. The van der Waals surface area contributed by atoms with E-state index >= 15 is 0 Å². The zero-order chi connectivity index (χ0) is 16.3. The lowest BCUT2D eigenvalue weighted by Gasteiger charge is -2.42. The van der Waals surface area contributed by atoms with Crippen LogP contribution in [0.1, 0.15) is 42.9 Å². The van der Waals surface area contributed by atoms with Crippen molar-refractivity contribution in [1.82, 2.24) is 4.90 Å². The number of carbonyl (C=O) groups excluding carboxylic acids is 1. The highest BCUT2D eigenvalue weighted by atomic mass is 16.6. The maximum absolute atomic E-state index is 11.2. The van der Waals surface area contributed by atoms with E-state index in [1.54, 1.807) is 18.2 Å². The average Bonchev–Trinajstić information content (AvgIpc) is 2.53. The predicted octanol–water partition coefficient (Wildman–Crippen LogP) is 0.660. The highest BCUT2D eigenvalue weighted by molar-refractivity contribution is 6.39. The molecule has 0 aliphatic carbocycles. The van der Waals surface area contributed by atoms with Gasteiger partial charge in [-0.1, -0.05) is 13.8 Å². The lowest BCUT2D eigenvalue weighted by atomic mass is 9.57. The third kappa shape index (κ3) is 3.22. The summed E-state index contributed by atoms with van der Waals surface area (Å²) in [5.41, 5.74) is 0.958. The molecule has 0 atom stereocenters. The van der Waals surface area contributed by atoms with Gasteiger partial charge in [-0.05, 0) is 43.8 Å². The van der Waals surface area contributed by atoms with Crippen LogP contribution in [0.2, 0.25) is 0 Å². The number of carbonyl (C=O) groups is 1. The van der Waals surface area contributed by atoms with E-state index in [1.165, 1.54) is 11.8 Å². The minimum absolute atomic E-state index is 0.386. The molecule has 0 aromatic carbocycles. The van der Waals surface area contributed by atoms with E-state index in [2.05, 4.69) is 18.7 Å². The summed E-state index contributed by atoms with van der Waals surface area (Å²) in [6.45, 7) is 6.19. The third-order valence-corrected chi connectivity index (χ3v) is 4.69. The van der Waals surface area contributed by atoms with Crippen LogP contribution in [-0.4, -0.2) is 47.1 Å². The number of aldehydes is 1. The predicted molar refractivity (Wildman–Crippen MR) is 86.8 cm³/mol. The van der Waals surface area contributed by atoms with Crippen LogP contribution in [0.15, 0.2) is 18.2 Å². The Bertz CT molecular complexity index is 527. The van der Waals surface area contributed by atoms with Gasteiger partial charge in [-0.2, -0.15) is 0 Å². The number of rotatable bonds is 5. The Morgan fingerprint density at radius 1 is 1.36 bits per heavy atom. The molecule has 0 bridgehead atoms. The van der Waals surface area contributed by atoms with Crippen molar-refractivity contribution < 1.29 is 14.4 Å². The Labute approximate surface area is 135 Å². The molecule has 1 aliphatic rings. The van der Waals surface area contributed by atoms with Gasteiger partial charge in [-0.15, -0.1) is 0 Å². The number of piperidine rings is 1. The fraction of sp³-hybridized carbons (Fsp3) is 0.625. The highest BCUT2D eigenvalue weighted by Gasteiger charge is 2.39. The van der Waals surface area contributed by atoms with Gasteiger partial charge >= 0.3 is 0 Å². The number of nitrogens with zero attached hydrogens (tertiary/aromatic N) is 2. The molecule has 0 N–H and O–H groups in total. The monoisotopic (exact) mass is 297 g/mol. The van der Waals surface area contributed by atoms with Crippen LogP contribution >= 0.6 is 0 Å². The quantitative estimate of drug-likeness (QED) is 0.455. The van der Waals surface area contributed by atoms with Crippen molar-refractivity contribution in [3.05, 3.63) is 29.6 Å². The molecule has 4 nitrogen and oxygen atoms in total. The normalized spacial score (nSPS) is 17.6. The van der Waals surface area contributed by atoms with E-state index in [4.69, 9.17) is 20.5 Å². The molecular weight excluding hydrogens is 274 g/mol. The van der Waals surface area contributed by atoms with Crippen molar-refractivity contribution >= 4 is 22.0 Å². The molecule has 1 aromatic rings. The third-order valence-electron chi connectivity index (χ3n) is 4.69. The van der Waals surface area contributed by atoms with E-state index in [1.807, 2.05) is 0 Å². The van der Waals surface area contributed by atoms with Gasteiger partial charge in [0, 0.05) is 22.2 Å². The second-order valence-corrected chi connectivity index (χ2v) is 6.32. The van der Waals surface area contributed by atoms with Gasteiger partial charge in [-0.25, -0.2) is 0 Å². The van der Waals surface area contributed by atoms with E-state index in [9.17, 15) is 4.79 Å². The van der Waals surface area contributed by atoms with Crippen LogP contribution < -0.4 is 9.57 Å². The van der Waals surface area contributed by atoms with Crippen LogP contribution in [0.4, 0.5) is 0 Å². The summed E-state index contributed by atoms with van der Waals surface area (Å²) >= 11 is 0. The molecule has 1 saturated heterocycles. The smallest absolute Gasteiger partial charge is 0.297 e. The molecule has 2 rings (SSSR count). The lowest BCUT2D eigenvalue weighted by molar-refractivity contribution is -0.892. The minimum atomic E-state index is -1.17. The number of hydrogen-bond acceptors (Lipinski definition) is 3. The summed E-state index contributed by atoms with van der Waals surface area (Å²) < 4.78 is 1.40. The topological polar surface area (TPSA) is 33.4 Å². The van der Waals surface area contributed by atoms with Crippen LogP contribution in [0, 0.1) is 11.8 Å². The molecular formula is C16H23B2N2O2+. The van der Waals surface area contributed by atoms with Crippen molar-refractivity contribution in [2.45, 2.75) is 32.0 Å². The Kier molecular flexibility index (Phi) is 5.32. The molecule has 1 aromatic heterocycles. The number of hydrogen-bond donors (Lipinski definition) is 0. The van der Waals surface area contributed by atoms with Gasteiger partial charge in [0.1, 0.15) is 7.11 Å². The largest absolute Gasteiger partial charge is 0.304 e. The van der Waals surface area contributed by atoms with Gasteiger partial charge in [0.2, 0.25) is 12.0 Å². The summed E-state index contributed by atoms with van der Waals surface area (Å²) in [7, 11) is 14.3. The zero-order valence-electron chi connectivity index (χ0n) is 13.7. The summed E-state index contributed by atoms with van der Waals surface area (Å²) in [6, 6.07) is 5.23. The van der Waals surface area contributed by atoms with E-state index in [0.717, 1.165) is 32.2 Å². The van der Waals surface area contributed by atoms with Crippen molar-refractivity contribution in [3.63, 3.8) is 0 Å². The first kappa shape index (κ1) is 17.1. The number of likely N-dealkylation sites (tertiary alicyclic amines) is 1. The van der Waals surface area contributed by atoms with Crippen molar-refractivity contribution in [1.29, 1.82) is 0 Å². The van der Waals surface area contributed by atoms with Crippen molar-refractivity contribution in [3.8, 4) is 0 Å². The summed E-state index contributed by atoms with van der Waals surface area (Å²) in [4.78, 5) is 18.5. The molecule has 114 valence electrons. The Morgan fingerprint density at radius 2 is 2.00 bits per heavy atom. The molecule has 0 saturated carbocycles. The standard InChI is InChI=1S/C16H23B2N2O2/c1-12(2)13-7-9-19(10-8-13)16(17,18)15-6-4-5-14(11-21)20(15)22-3/h4-6,11-13H,7-10H2,1-3H3/q+1. The SMILES string of the molecule is [B]C([B])(c1cccc(C=O)[n+]1OC)N1CCC(C(C)C)CC1. The van der Waals surface area contributed by atoms with Crippen molar-refractivity contribution in [2.75, 3.05) is 20.2 Å². The fourth-order valence-electron chi connectivity index (χ4n) is 3.20. The van der Waals surface area contributed by atoms with E-state index in [0.29, 0.717) is 23.2 Å². The molecule has 6 heteroatoms. The van der Waals surface area contributed by atoms with Gasteiger partial charge in [0.25, 0.3) is 5.69 Å². The Morgan fingerprint density at radius 3 is 2.50 bits per heavy atom. The number of pyridine rings is 1. The first-order chi connectivity index (χ1) is 10.4. The second kappa shape index (κ2) is 6.86. The van der Waals surface area contributed by atoms with Gasteiger partial charge in [0.05, 0.1) is 15.7 Å². The van der Waals surface area contributed by atoms with E-state index in [-0.39, 0.29) is 0 Å². The fourth-order valence-corrected chi connectivity index (χ4v) is 3.20. The summed E-state index contributed by atoms with van der Waals surface area (Å²) in [5.74, 6) is 1.39. The Balaban J connectivity index is 2.26. The lowest BCUT2D eigenvalue weighted by Crippen LogP contribution is -2.60. The van der Waals surface area contributed by atoms with Crippen LogP contribution in [0.3, 0.4) is 0 Å². The molecule has 1 aliphatic heterocycles. The van der Waals surface area contributed by atoms with E-state index < -0.39 is 5.34 Å². The van der Waals surface area contributed by atoms with Gasteiger partial charge in [0.15, 0.2) is 0 Å². The maximum Gasteiger partial charge on any atom is 0.297 e. The average molecular weight is 297 g/mol. The number of aromatic nitrogens is 1. The van der Waals surface area contributed by atoms with Crippen LogP contribution in [0.25, 0.3) is 0 Å². The van der Waals surface area contributed by atoms with Crippen LogP contribution in [-0.2, 0) is 5.34 Å². The zero-order valence-corrected chi connectivity index (χ0v) is 13.7. The summed E-state index contributed by atoms with van der Waals surface area (Å²) in [5, 5.41) is -1.17. The first-order valence-electron chi connectivity index (χ1n) is 7.79. The molecule has 0 amide bonds.